The summed E-state index contributed by atoms with van der Waals surface area (Å²) in [5.41, 5.74) is 7.42. The molecule has 1 heterocycles. The molecule has 0 aliphatic heterocycles. The number of hydrogen-bond donors (Lipinski definition) is 1. The van der Waals surface area contributed by atoms with Crippen LogP contribution >= 0.6 is 15.9 Å². The van der Waals surface area contributed by atoms with Crippen LogP contribution in [0.4, 0.5) is 10.3 Å². The molecule has 3 rings (SSSR count). The average molecular weight is 328 g/mol. The Morgan fingerprint density at radius 3 is 2.95 bits per heavy atom. The summed E-state index contributed by atoms with van der Waals surface area (Å²) in [6.45, 7) is 2.71. The van der Waals surface area contributed by atoms with E-state index < -0.39 is 0 Å². The molecular weight excluding hydrogens is 313 g/mol. The molecule has 0 amide bonds. The number of nitrogens with two attached hydrogens (primary N) is 1. The summed E-state index contributed by atoms with van der Waals surface area (Å²) in [4.78, 5) is 4.29. The van der Waals surface area contributed by atoms with E-state index in [0.29, 0.717) is 15.9 Å². The van der Waals surface area contributed by atoms with E-state index in [4.69, 9.17) is 10.5 Å². The number of imidazole rings is 1. The van der Waals surface area contributed by atoms with Crippen molar-refractivity contribution >= 4 is 32.9 Å². The van der Waals surface area contributed by atoms with Gasteiger partial charge < -0.3 is 15.0 Å². The predicted molar refractivity (Wildman–Crippen MR) is 75.5 cm³/mol. The van der Waals surface area contributed by atoms with Crippen molar-refractivity contribution in [2.75, 3.05) is 12.3 Å². The second-order valence-electron chi connectivity index (χ2n) is 4.80. The van der Waals surface area contributed by atoms with Crippen LogP contribution in [0.1, 0.15) is 25.8 Å². The first-order chi connectivity index (χ1) is 9.10. The molecule has 0 saturated heterocycles. The zero-order valence-electron chi connectivity index (χ0n) is 10.6. The van der Waals surface area contributed by atoms with Crippen molar-refractivity contribution in [1.29, 1.82) is 0 Å². The SMILES string of the molecule is CCOC1CC(n2c(N)nc3cc(Br)c(F)cc32)C1. The van der Waals surface area contributed by atoms with E-state index in [0.717, 1.165) is 25.0 Å². The van der Waals surface area contributed by atoms with Gasteiger partial charge in [-0.1, -0.05) is 0 Å². The summed E-state index contributed by atoms with van der Waals surface area (Å²) >= 11 is 3.16. The summed E-state index contributed by atoms with van der Waals surface area (Å²) < 4.78 is 21.5. The summed E-state index contributed by atoms with van der Waals surface area (Å²) in [6, 6.07) is 3.40. The Balaban J connectivity index is 1.96. The maximum absolute atomic E-state index is 13.7. The van der Waals surface area contributed by atoms with Gasteiger partial charge in [-0.25, -0.2) is 9.37 Å². The number of nitrogens with zero attached hydrogens (tertiary/aromatic N) is 2. The Hall–Kier alpha value is -1.14. The zero-order chi connectivity index (χ0) is 13.6. The third-order valence-electron chi connectivity index (χ3n) is 3.60. The van der Waals surface area contributed by atoms with E-state index in [9.17, 15) is 4.39 Å². The lowest BCUT2D eigenvalue weighted by molar-refractivity contribution is -0.0182. The molecule has 0 bridgehead atoms. The highest BCUT2D eigenvalue weighted by molar-refractivity contribution is 9.10. The Morgan fingerprint density at radius 2 is 2.26 bits per heavy atom. The van der Waals surface area contributed by atoms with Gasteiger partial charge in [0, 0.05) is 18.7 Å². The fourth-order valence-corrected chi connectivity index (χ4v) is 2.94. The Morgan fingerprint density at radius 1 is 1.53 bits per heavy atom. The number of anilines is 1. The second kappa shape index (κ2) is 4.76. The van der Waals surface area contributed by atoms with Crippen LogP contribution in [0.2, 0.25) is 0 Å². The van der Waals surface area contributed by atoms with Crippen molar-refractivity contribution in [3.05, 3.63) is 22.4 Å². The molecule has 1 aliphatic rings. The third kappa shape index (κ3) is 2.12. The van der Waals surface area contributed by atoms with Crippen molar-refractivity contribution in [3.63, 3.8) is 0 Å². The van der Waals surface area contributed by atoms with E-state index in [1.807, 2.05) is 11.5 Å². The maximum Gasteiger partial charge on any atom is 0.201 e. The summed E-state index contributed by atoms with van der Waals surface area (Å²) in [6.07, 6.45) is 2.09. The van der Waals surface area contributed by atoms with Gasteiger partial charge in [0.1, 0.15) is 5.82 Å². The molecule has 1 saturated carbocycles. The van der Waals surface area contributed by atoms with Gasteiger partial charge in [0.05, 0.1) is 21.6 Å². The third-order valence-corrected chi connectivity index (χ3v) is 4.20. The number of hydrogen-bond acceptors (Lipinski definition) is 3. The largest absolute Gasteiger partial charge is 0.378 e. The van der Waals surface area contributed by atoms with E-state index >= 15 is 0 Å². The number of halogens is 2. The number of aromatic nitrogens is 2. The highest BCUT2D eigenvalue weighted by atomic mass is 79.9. The second-order valence-corrected chi connectivity index (χ2v) is 5.65. The van der Waals surface area contributed by atoms with Gasteiger partial charge in [-0.2, -0.15) is 0 Å². The molecule has 0 atom stereocenters. The predicted octanol–water partition coefficient (Wildman–Crippen LogP) is 3.26. The zero-order valence-corrected chi connectivity index (χ0v) is 12.2. The molecule has 6 heteroatoms. The van der Waals surface area contributed by atoms with Crippen LogP contribution in [0.5, 0.6) is 0 Å². The first-order valence-electron chi connectivity index (χ1n) is 6.34. The Bertz CT molecular complexity index is 622. The molecule has 0 radical (unpaired) electrons. The number of ether oxygens (including phenoxy) is 1. The smallest absolute Gasteiger partial charge is 0.201 e. The molecule has 4 nitrogen and oxygen atoms in total. The highest BCUT2D eigenvalue weighted by Gasteiger charge is 2.33. The van der Waals surface area contributed by atoms with Crippen LogP contribution in [0.15, 0.2) is 16.6 Å². The summed E-state index contributed by atoms with van der Waals surface area (Å²) in [5, 5.41) is 0. The molecule has 0 unspecified atom stereocenters. The molecule has 102 valence electrons. The summed E-state index contributed by atoms with van der Waals surface area (Å²) in [7, 11) is 0. The van der Waals surface area contributed by atoms with Crippen molar-refractivity contribution in [1.82, 2.24) is 9.55 Å². The van der Waals surface area contributed by atoms with Gasteiger partial charge in [-0.15, -0.1) is 0 Å². The van der Waals surface area contributed by atoms with E-state index in [1.165, 1.54) is 6.07 Å². The Kier molecular flexibility index (Phi) is 3.22. The quantitative estimate of drug-likeness (QED) is 0.941. The lowest BCUT2D eigenvalue weighted by atomic mass is 9.89. The number of nitrogen functional groups attached to an aromatic ring is 1. The first kappa shape index (κ1) is 12.9. The number of benzene rings is 1. The standard InChI is InChI=1S/C13H15BrFN3O/c1-2-19-8-3-7(4-8)18-12-6-10(15)9(14)5-11(12)17-13(18)16/h5-8H,2-4H2,1H3,(H2,16,17). The fraction of sp³-hybridized carbons (Fsp3) is 0.462. The lowest BCUT2D eigenvalue weighted by Gasteiger charge is -2.36. The highest BCUT2D eigenvalue weighted by Crippen LogP contribution is 2.39. The van der Waals surface area contributed by atoms with Crippen molar-refractivity contribution in [2.45, 2.75) is 31.9 Å². The minimum atomic E-state index is -0.297. The summed E-state index contributed by atoms with van der Waals surface area (Å²) in [5.74, 6) is 0.141. The van der Waals surface area contributed by atoms with Gasteiger partial charge in [0.2, 0.25) is 5.95 Å². The van der Waals surface area contributed by atoms with Gasteiger partial charge >= 0.3 is 0 Å². The van der Waals surface area contributed by atoms with E-state index in [1.54, 1.807) is 6.07 Å². The van der Waals surface area contributed by atoms with E-state index in [-0.39, 0.29) is 18.0 Å². The number of fused-ring (bicyclic) bond motifs is 1. The van der Waals surface area contributed by atoms with Crippen LogP contribution in [-0.2, 0) is 4.74 Å². The average Bonchev–Trinajstić information content (AvgIpc) is 2.60. The Labute approximate surface area is 118 Å². The van der Waals surface area contributed by atoms with Crippen LogP contribution in [0.25, 0.3) is 11.0 Å². The maximum atomic E-state index is 13.7. The van der Waals surface area contributed by atoms with Crippen molar-refractivity contribution < 1.29 is 9.13 Å². The van der Waals surface area contributed by atoms with Gasteiger partial charge in [0.25, 0.3) is 0 Å². The van der Waals surface area contributed by atoms with Crippen LogP contribution < -0.4 is 5.73 Å². The molecule has 0 spiro atoms. The van der Waals surface area contributed by atoms with Gasteiger partial charge in [0.15, 0.2) is 0 Å². The normalized spacial score (nSPS) is 22.7. The molecule has 2 N–H and O–H groups in total. The lowest BCUT2D eigenvalue weighted by Crippen LogP contribution is -2.33. The molecule has 1 aliphatic carbocycles. The van der Waals surface area contributed by atoms with Crippen LogP contribution in [-0.4, -0.2) is 22.3 Å². The molecule has 19 heavy (non-hydrogen) atoms. The molecule has 2 aromatic rings. The van der Waals surface area contributed by atoms with E-state index in [2.05, 4.69) is 20.9 Å². The molecule has 1 aromatic carbocycles. The first-order valence-corrected chi connectivity index (χ1v) is 7.13. The monoisotopic (exact) mass is 327 g/mol. The van der Waals surface area contributed by atoms with Crippen LogP contribution in [0.3, 0.4) is 0 Å². The topological polar surface area (TPSA) is 53.1 Å². The minimum Gasteiger partial charge on any atom is -0.378 e. The molecule has 1 fully saturated rings. The van der Waals surface area contributed by atoms with Gasteiger partial charge in [-0.05, 0) is 41.8 Å². The molecule has 1 aromatic heterocycles. The fourth-order valence-electron chi connectivity index (χ4n) is 2.61. The minimum absolute atomic E-state index is 0.252. The van der Waals surface area contributed by atoms with Crippen molar-refractivity contribution in [3.8, 4) is 0 Å². The molecular formula is C13H15BrFN3O. The van der Waals surface area contributed by atoms with Crippen molar-refractivity contribution in [2.24, 2.45) is 0 Å². The number of rotatable bonds is 3. The van der Waals surface area contributed by atoms with Crippen LogP contribution in [0, 0.1) is 5.82 Å². The van der Waals surface area contributed by atoms with Gasteiger partial charge in [-0.3, -0.25) is 0 Å².